The van der Waals surface area contributed by atoms with E-state index in [1.165, 1.54) is 16.7 Å². The molecule has 0 saturated heterocycles. The van der Waals surface area contributed by atoms with Crippen molar-refractivity contribution in [3.8, 4) is 11.3 Å². The zero-order chi connectivity index (χ0) is 16.6. The van der Waals surface area contributed by atoms with Gasteiger partial charge >= 0.3 is 0 Å². The minimum Gasteiger partial charge on any atom is -0.244 e. The number of benzene rings is 1. The summed E-state index contributed by atoms with van der Waals surface area (Å²) < 4.78 is 1.95. The fourth-order valence-electron chi connectivity index (χ4n) is 3.52. The molecule has 0 saturated carbocycles. The van der Waals surface area contributed by atoms with E-state index in [2.05, 4.69) is 68.5 Å². The summed E-state index contributed by atoms with van der Waals surface area (Å²) in [5.41, 5.74) is 6.77. The Hall–Kier alpha value is -2.42. The SMILES string of the molecule is C=C/C1=C(\C=C)C(C)C(C)c2ccccc2-c2nnn(CC)c21. The highest BCUT2D eigenvalue weighted by atomic mass is 15.4. The molecule has 1 aromatic heterocycles. The van der Waals surface area contributed by atoms with Gasteiger partial charge in [-0.25, -0.2) is 4.68 Å². The van der Waals surface area contributed by atoms with Crippen molar-refractivity contribution >= 4 is 5.57 Å². The highest BCUT2D eigenvalue weighted by Gasteiger charge is 2.29. The second-order valence-corrected chi connectivity index (χ2v) is 6.04. The Morgan fingerprint density at radius 2 is 1.87 bits per heavy atom. The van der Waals surface area contributed by atoms with Crippen LogP contribution in [0.3, 0.4) is 0 Å². The standard InChI is InChI=1S/C20H23N3/c1-6-15-13(4)14(5)17-11-9-10-12-18(17)19-20(16(15)7-2)23(8-3)22-21-19/h6-7,9-14H,1-2,8H2,3-5H3/b16-15-. The molecule has 3 heteroatoms. The maximum Gasteiger partial charge on any atom is 0.121 e. The lowest BCUT2D eigenvalue weighted by Gasteiger charge is -2.28. The van der Waals surface area contributed by atoms with Gasteiger partial charge in [0.25, 0.3) is 0 Å². The first-order valence-electron chi connectivity index (χ1n) is 8.16. The molecule has 0 fully saturated rings. The maximum absolute atomic E-state index is 4.49. The zero-order valence-electron chi connectivity index (χ0n) is 14.1. The molecule has 2 unspecified atom stereocenters. The molecular weight excluding hydrogens is 282 g/mol. The Kier molecular flexibility index (Phi) is 4.03. The monoisotopic (exact) mass is 305 g/mol. The van der Waals surface area contributed by atoms with Crippen LogP contribution in [0.25, 0.3) is 16.8 Å². The molecular formula is C20H23N3. The van der Waals surface area contributed by atoms with Crippen LogP contribution in [-0.4, -0.2) is 15.0 Å². The first-order valence-corrected chi connectivity index (χ1v) is 8.16. The van der Waals surface area contributed by atoms with Crippen LogP contribution < -0.4 is 0 Å². The summed E-state index contributed by atoms with van der Waals surface area (Å²) in [6.45, 7) is 15.5. The summed E-state index contributed by atoms with van der Waals surface area (Å²) in [6.07, 6.45) is 3.88. The van der Waals surface area contributed by atoms with Crippen LogP contribution >= 0.6 is 0 Å². The van der Waals surface area contributed by atoms with Crippen molar-refractivity contribution in [2.45, 2.75) is 33.2 Å². The van der Waals surface area contributed by atoms with E-state index in [-0.39, 0.29) is 0 Å². The third-order valence-corrected chi connectivity index (χ3v) is 4.97. The van der Waals surface area contributed by atoms with Crippen molar-refractivity contribution in [1.29, 1.82) is 0 Å². The van der Waals surface area contributed by atoms with Crippen LogP contribution in [0, 0.1) is 5.92 Å². The first kappa shape index (κ1) is 15.5. The smallest absolute Gasteiger partial charge is 0.121 e. The van der Waals surface area contributed by atoms with Crippen LogP contribution in [0.4, 0.5) is 0 Å². The summed E-state index contributed by atoms with van der Waals surface area (Å²) in [5, 5.41) is 8.86. The molecule has 1 aromatic carbocycles. The Balaban J connectivity index is 2.45. The highest BCUT2D eigenvalue weighted by molar-refractivity contribution is 5.86. The summed E-state index contributed by atoms with van der Waals surface area (Å²) >= 11 is 0. The molecule has 23 heavy (non-hydrogen) atoms. The van der Waals surface area contributed by atoms with E-state index in [9.17, 15) is 0 Å². The molecule has 2 aromatic rings. The topological polar surface area (TPSA) is 30.7 Å². The van der Waals surface area contributed by atoms with Crippen LogP contribution in [0.15, 0.2) is 55.1 Å². The quantitative estimate of drug-likeness (QED) is 0.812. The van der Waals surface area contributed by atoms with Crippen molar-refractivity contribution in [2.24, 2.45) is 5.92 Å². The summed E-state index contributed by atoms with van der Waals surface area (Å²) in [5.74, 6) is 0.712. The van der Waals surface area contributed by atoms with Crippen LogP contribution in [0.2, 0.25) is 0 Å². The van der Waals surface area contributed by atoms with Gasteiger partial charge in [-0.05, 0) is 29.9 Å². The van der Waals surface area contributed by atoms with Crippen LogP contribution in [0.5, 0.6) is 0 Å². The Labute approximate surface area is 138 Å². The molecule has 0 aliphatic heterocycles. The number of hydrogen-bond acceptors (Lipinski definition) is 2. The largest absolute Gasteiger partial charge is 0.244 e. The molecule has 2 atom stereocenters. The molecule has 3 nitrogen and oxygen atoms in total. The molecule has 0 bridgehead atoms. The normalized spacial score (nSPS) is 23.4. The number of aryl methyl sites for hydroxylation is 1. The van der Waals surface area contributed by atoms with E-state index in [0.29, 0.717) is 11.8 Å². The minimum absolute atomic E-state index is 0.343. The lowest BCUT2D eigenvalue weighted by molar-refractivity contribution is 0.571. The summed E-state index contributed by atoms with van der Waals surface area (Å²) in [6, 6.07) is 8.51. The summed E-state index contributed by atoms with van der Waals surface area (Å²) in [7, 11) is 0. The van der Waals surface area contributed by atoms with Crippen LogP contribution in [0.1, 0.15) is 37.9 Å². The Morgan fingerprint density at radius 3 is 2.52 bits per heavy atom. The maximum atomic E-state index is 4.49. The highest BCUT2D eigenvalue weighted by Crippen LogP contribution is 2.43. The summed E-state index contributed by atoms with van der Waals surface area (Å²) in [4.78, 5) is 0. The van der Waals surface area contributed by atoms with Gasteiger partial charge in [0.1, 0.15) is 5.69 Å². The van der Waals surface area contributed by atoms with E-state index < -0.39 is 0 Å². The fourth-order valence-corrected chi connectivity index (χ4v) is 3.52. The Bertz CT molecular complexity index is 795. The second-order valence-electron chi connectivity index (χ2n) is 6.04. The van der Waals surface area contributed by atoms with Gasteiger partial charge in [0.15, 0.2) is 0 Å². The van der Waals surface area contributed by atoms with Gasteiger partial charge in [-0.15, -0.1) is 5.10 Å². The van der Waals surface area contributed by atoms with Gasteiger partial charge in [0, 0.05) is 17.7 Å². The molecule has 0 amide bonds. The fraction of sp³-hybridized carbons (Fsp3) is 0.300. The van der Waals surface area contributed by atoms with Crippen LogP contribution in [-0.2, 0) is 6.54 Å². The molecule has 3 rings (SSSR count). The number of nitrogens with zero attached hydrogens (tertiary/aromatic N) is 3. The number of rotatable bonds is 3. The van der Waals surface area contributed by atoms with Gasteiger partial charge in [0.05, 0.1) is 5.69 Å². The van der Waals surface area contributed by atoms with E-state index in [1.807, 2.05) is 16.8 Å². The molecule has 0 N–H and O–H groups in total. The third-order valence-electron chi connectivity index (χ3n) is 4.97. The lowest BCUT2D eigenvalue weighted by atomic mass is 9.76. The van der Waals surface area contributed by atoms with E-state index >= 15 is 0 Å². The van der Waals surface area contributed by atoms with E-state index in [1.54, 1.807) is 0 Å². The average molecular weight is 305 g/mol. The van der Waals surface area contributed by atoms with Crippen molar-refractivity contribution in [3.05, 3.63) is 66.4 Å². The lowest BCUT2D eigenvalue weighted by Crippen LogP contribution is -2.15. The third kappa shape index (κ3) is 2.27. The predicted octanol–water partition coefficient (Wildman–Crippen LogP) is 4.84. The molecule has 118 valence electrons. The van der Waals surface area contributed by atoms with Gasteiger partial charge in [-0.1, -0.05) is 68.6 Å². The van der Waals surface area contributed by atoms with Crippen molar-refractivity contribution in [1.82, 2.24) is 15.0 Å². The molecule has 0 spiro atoms. The minimum atomic E-state index is 0.343. The van der Waals surface area contributed by atoms with Crippen molar-refractivity contribution in [2.75, 3.05) is 0 Å². The van der Waals surface area contributed by atoms with Gasteiger partial charge in [0.2, 0.25) is 0 Å². The number of hydrogen-bond donors (Lipinski definition) is 0. The Morgan fingerprint density at radius 1 is 1.13 bits per heavy atom. The van der Waals surface area contributed by atoms with Gasteiger partial charge in [-0.3, -0.25) is 0 Å². The first-order chi connectivity index (χ1) is 11.1. The molecule has 0 radical (unpaired) electrons. The van der Waals surface area contributed by atoms with E-state index in [0.717, 1.165) is 23.5 Å². The predicted molar refractivity (Wildman–Crippen MR) is 96.0 cm³/mol. The van der Waals surface area contributed by atoms with Gasteiger partial charge in [-0.2, -0.15) is 0 Å². The van der Waals surface area contributed by atoms with E-state index in [4.69, 9.17) is 0 Å². The molecule has 1 heterocycles. The number of allylic oxidation sites excluding steroid dienone is 4. The second kappa shape index (κ2) is 5.99. The van der Waals surface area contributed by atoms with Gasteiger partial charge < -0.3 is 0 Å². The van der Waals surface area contributed by atoms with Crippen molar-refractivity contribution < 1.29 is 0 Å². The zero-order valence-corrected chi connectivity index (χ0v) is 14.1. The average Bonchev–Trinajstić information content (AvgIpc) is 3.00. The molecule has 1 aliphatic carbocycles. The number of aromatic nitrogens is 3. The van der Waals surface area contributed by atoms with Crippen molar-refractivity contribution in [3.63, 3.8) is 0 Å². The number of fused-ring (bicyclic) bond motifs is 3. The molecule has 1 aliphatic rings.